The van der Waals surface area contributed by atoms with Gasteiger partial charge in [-0.25, -0.2) is 4.79 Å². The summed E-state index contributed by atoms with van der Waals surface area (Å²) in [7, 11) is 0. The quantitative estimate of drug-likeness (QED) is 0.880. The number of para-hydroxylation sites is 1. The van der Waals surface area contributed by atoms with Gasteiger partial charge in [-0.15, -0.1) is 0 Å². The Morgan fingerprint density at radius 2 is 2.05 bits per heavy atom. The van der Waals surface area contributed by atoms with Crippen LogP contribution in [0.1, 0.15) is 19.3 Å². The maximum absolute atomic E-state index is 12.7. The number of nitrogens with two attached hydrogens (primary N) is 1. The standard InChI is InChI=1S/C15H21N3O3/c16-12-5-4-9-17(11-12)15(21)18(10-8-14(19)20)13-6-2-1-3-7-13/h1-3,6-7,12H,4-5,8-11,16H2,(H,19,20). The fourth-order valence-electron chi connectivity index (χ4n) is 2.51. The molecule has 0 aliphatic carbocycles. The van der Waals surface area contributed by atoms with Crippen molar-refractivity contribution >= 4 is 17.7 Å². The van der Waals surface area contributed by atoms with Crippen LogP contribution in [0.2, 0.25) is 0 Å². The number of hydrogen-bond acceptors (Lipinski definition) is 3. The molecule has 0 saturated carbocycles. The van der Waals surface area contributed by atoms with Gasteiger partial charge in [0.15, 0.2) is 0 Å². The average Bonchev–Trinajstić information content (AvgIpc) is 2.48. The van der Waals surface area contributed by atoms with Gasteiger partial charge in [0.25, 0.3) is 0 Å². The van der Waals surface area contributed by atoms with Crippen molar-refractivity contribution in [2.45, 2.75) is 25.3 Å². The molecule has 3 N–H and O–H groups in total. The summed E-state index contributed by atoms with van der Waals surface area (Å²) < 4.78 is 0. The predicted molar refractivity (Wildman–Crippen MR) is 80.2 cm³/mol. The summed E-state index contributed by atoms with van der Waals surface area (Å²) in [6.07, 6.45) is 1.72. The lowest BCUT2D eigenvalue weighted by atomic mass is 10.1. The molecule has 2 amide bonds. The molecule has 1 atom stereocenters. The van der Waals surface area contributed by atoms with Gasteiger partial charge < -0.3 is 15.7 Å². The summed E-state index contributed by atoms with van der Waals surface area (Å²) in [5, 5.41) is 8.87. The van der Waals surface area contributed by atoms with Crippen molar-refractivity contribution in [3.63, 3.8) is 0 Å². The summed E-state index contributed by atoms with van der Waals surface area (Å²) in [5.41, 5.74) is 6.63. The van der Waals surface area contributed by atoms with Crippen molar-refractivity contribution < 1.29 is 14.7 Å². The summed E-state index contributed by atoms with van der Waals surface area (Å²) in [6.45, 7) is 1.35. The Bertz CT molecular complexity index is 492. The van der Waals surface area contributed by atoms with Crippen molar-refractivity contribution in [1.29, 1.82) is 0 Å². The van der Waals surface area contributed by atoms with E-state index in [4.69, 9.17) is 10.8 Å². The number of anilines is 1. The first-order valence-electron chi connectivity index (χ1n) is 7.17. The number of carbonyl (C=O) groups excluding carboxylic acids is 1. The van der Waals surface area contributed by atoms with Gasteiger partial charge in [-0.3, -0.25) is 9.69 Å². The second-order valence-electron chi connectivity index (χ2n) is 5.26. The third-order valence-electron chi connectivity index (χ3n) is 3.58. The average molecular weight is 291 g/mol. The molecule has 0 aromatic heterocycles. The van der Waals surface area contributed by atoms with Crippen LogP contribution in [-0.4, -0.2) is 47.7 Å². The fraction of sp³-hybridized carbons (Fsp3) is 0.467. The van der Waals surface area contributed by atoms with Crippen LogP contribution >= 0.6 is 0 Å². The van der Waals surface area contributed by atoms with E-state index < -0.39 is 5.97 Å². The molecule has 0 radical (unpaired) electrons. The Labute approximate surface area is 124 Å². The van der Waals surface area contributed by atoms with Crippen LogP contribution in [0, 0.1) is 0 Å². The van der Waals surface area contributed by atoms with Gasteiger partial charge in [0, 0.05) is 31.4 Å². The number of aliphatic carboxylic acids is 1. The molecule has 114 valence electrons. The van der Waals surface area contributed by atoms with Gasteiger partial charge in [0.1, 0.15) is 0 Å². The molecule has 1 saturated heterocycles. The minimum absolute atomic E-state index is 0.000188. The number of urea groups is 1. The van der Waals surface area contributed by atoms with Crippen molar-refractivity contribution in [1.82, 2.24) is 4.90 Å². The molecule has 1 aliphatic rings. The summed E-state index contributed by atoms with van der Waals surface area (Å²) in [4.78, 5) is 26.7. The van der Waals surface area contributed by atoms with Crippen molar-refractivity contribution in [2.24, 2.45) is 5.73 Å². The highest BCUT2D eigenvalue weighted by molar-refractivity contribution is 5.92. The van der Waals surface area contributed by atoms with E-state index in [0.29, 0.717) is 18.8 Å². The first-order chi connectivity index (χ1) is 10.1. The van der Waals surface area contributed by atoms with E-state index in [0.717, 1.165) is 12.8 Å². The van der Waals surface area contributed by atoms with Crippen molar-refractivity contribution in [2.75, 3.05) is 24.5 Å². The highest BCUT2D eigenvalue weighted by atomic mass is 16.4. The molecule has 21 heavy (non-hydrogen) atoms. The Hall–Kier alpha value is -2.08. The maximum Gasteiger partial charge on any atom is 0.324 e. The van der Waals surface area contributed by atoms with Gasteiger partial charge in [0.2, 0.25) is 0 Å². The predicted octanol–water partition coefficient (Wildman–Crippen LogP) is 1.51. The van der Waals surface area contributed by atoms with Crippen LogP contribution in [0.15, 0.2) is 30.3 Å². The molecule has 1 unspecified atom stereocenters. The van der Waals surface area contributed by atoms with Crippen LogP contribution < -0.4 is 10.6 Å². The maximum atomic E-state index is 12.7. The number of carboxylic acid groups (broad SMARTS) is 1. The van der Waals surface area contributed by atoms with Crippen molar-refractivity contribution in [3.05, 3.63) is 30.3 Å². The molecular weight excluding hydrogens is 270 g/mol. The Kier molecular flexibility index (Phi) is 5.16. The minimum Gasteiger partial charge on any atom is -0.481 e. The summed E-state index contributed by atoms with van der Waals surface area (Å²) in [5.74, 6) is -0.918. The third-order valence-corrected chi connectivity index (χ3v) is 3.58. The highest BCUT2D eigenvalue weighted by Gasteiger charge is 2.26. The van der Waals surface area contributed by atoms with Gasteiger partial charge in [-0.2, -0.15) is 0 Å². The number of rotatable bonds is 4. The number of piperidine rings is 1. The number of likely N-dealkylation sites (tertiary alicyclic amines) is 1. The van der Waals surface area contributed by atoms with E-state index in [1.807, 2.05) is 30.3 Å². The Morgan fingerprint density at radius 3 is 2.67 bits per heavy atom. The largest absolute Gasteiger partial charge is 0.481 e. The number of nitrogens with zero attached hydrogens (tertiary/aromatic N) is 2. The number of hydrogen-bond donors (Lipinski definition) is 2. The molecule has 0 bridgehead atoms. The molecule has 1 aromatic carbocycles. The van der Waals surface area contributed by atoms with Crippen LogP contribution in [0.3, 0.4) is 0 Å². The van der Waals surface area contributed by atoms with Gasteiger partial charge in [-0.1, -0.05) is 18.2 Å². The number of carbonyl (C=O) groups is 2. The molecule has 6 nitrogen and oxygen atoms in total. The molecule has 1 aromatic rings. The second-order valence-corrected chi connectivity index (χ2v) is 5.26. The van der Waals surface area contributed by atoms with Gasteiger partial charge >= 0.3 is 12.0 Å². The molecule has 0 spiro atoms. The smallest absolute Gasteiger partial charge is 0.324 e. The zero-order chi connectivity index (χ0) is 15.2. The number of benzene rings is 1. The van der Waals surface area contributed by atoms with Crippen LogP contribution in [0.25, 0.3) is 0 Å². The van der Waals surface area contributed by atoms with Gasteiger partial charge in [-0.05, 0) is 25.0 Å². The highest BCUT2D eigenvalue weighted by Crippen LogP contribution is 2.18. The van der Waals surface area contributed by atoms with E-state index in [1.54, 1.807) is 4.90 Å². The van der Waals surface area contributed by atoms with E-state index in [2.05, 4.69) is 0 Å². The summed E-state index contributed by atoms with van der Waals surface area (Å²) >= 11 is 0. The van der Waals surface area contributed by atoms with E-state index in [-0.39, 0.29) is 25.0 Å². The number of carboxylic acids is 1. The lowest BCUT2D eigenvalue weighted by Gasteiger charge is -2.35. The van der Waals surface area contributed by atoms with E-state index in [9.17, 15) is 9.59 Å². The van der Waals surface area contributed by atoms with Crippen molar-refractivity contribution in [3.8, 4) is 0 Å². The molecule has 2 rings (SSSR count). The molecule has 1 heterocycles. The lowest BCUT2D eigenvalue weighted by Crippen LogP contribution is -2.51. The summed E-state index contributed by atoms with van der Waals surface area (Å²) in [6, 6.07) is 8.97. The molecule has 1 aliphatic heterocycles. The monoisotopic (exact) mass is 291 g/mol. The Balaban J connectivity index is 2.14. The van der Waals surface area contributed by atoms with Gasteiger partial charge in [0.05, 0.1) is 6.42 Å². The van der Waals surface area contributed by atoms with E-state index in [1.165, 1.54) is 4.90 Å². The topological polar surface area (TPSA) is 86.9 Å². The van der Waals surface area contributed by atoms with E-state index >= 15 is 0 Å². The zero-order valence-corrected chi connectivity index (χ0v) is 11.9. The SMILES string of the molecule is NC1CCCN(C(=O)N(CCC(=O)O)c2ccccc2)C1. The molecule has 1 fully saturated rings. The molecule has 6 heteroatoms. The first kappa shape index (κ1) is 15.3. The Morgan fingerprint density at radius 1 is 1.33 bits per heavy atom. The number of amides is 2. The lowest BCUT2D eigenvalue weighted by molar-refractivity contribution is -0.136. The third kappa shape index (κ3) is 4.19. The van der Waals surface area contributed by atoms with Crippen LogP contribution in [0.4, 0.5) is 10.5 Å². The van der Waals surface area contributed by atoms with Crippen LogP contribution in [0.5, 0.6) is 0 Å². The normalized spacial score (nSPS) is 18.3. The zero-order valence-electron chi connectivity index (χ0n) is 11.9. The molecular formula is C15H21N3O3. The fourth-order valence-corrected chi connectivity index (χ4v) is 2.51. The second kappa shape index (κ2) is 7.08. The van der Waals surface area contributed by atoms with Crippen LogP contribution in [-0.2, 0) is 4.79 Å². The first-order valence-corrected chi connectivity index (χ1v) is 7.17. The minimum atomic E-state index is -0.918.